The topological polar surface area (TPSA) is 129 Å². The van der Waals surface area contributed by atoms with Gasteiger partial charge < -0.3 is 14.0 Å². The minimum Gasteiger partial charge on any atom is -0.755 e. The van der Waals surface area contributed by atoms with Crippen LogP contribution in [0.1, 0.15) is 26.3 Å². The highest BCUT2D eigenvalue weighted by molar-refractivity contribution is 7.80. The summed E-state index contributed by atoms with van der Waals surface area (Å²) in [6.45, 7) is 6.10. The summed E-state index contributed by atoms with van der Waals surface area (Å²) in [7, 11) is 1.58. The van der Waals surface area contributed by atoms with E-state index in [4.69, 9.17) is 9.72 Å². The van der Waals surface area contributed by atoms with Gasteiger partial charge in [-0.05, 0) is 35.7 Å². The Bertz CT molecular complexity index is 1520. The van der Waals surface area contributed by atoms with E-state index in [2.05, 4.69) is 9.71 Å². The van der Waals surface area contributed by atoms with Crippen LogP contribution >= 0.6 is 0 Å². The van der Waals surface area contributed by atoms with Gasteiger partial charge in [0.05, 0.1) is 18.5 Å². The van der Waals surface area contributed by atoms with E-state index in [1.165, 1.54) is 16.8 Å². The van der Waals surface area contributed by atoms with E-state index in [1.54, 1.807) is 31.4 Å². The second-order valence-electron chi connectivity index (χ2n) is 8.71. The van der Waals surface area contributed by atoms with E-state index in [-0.39, 0.29) is 5.41 Å². The van der Waals surface area contributed by atoms with Gasteiger partial charge in [-0.3, -0.25) is 18.6 Å². The number of nitrogens with one attached hydrogen (secondary N) is 2. The summed E-state index contributed by atoms with van der Waals surface area (Å²) in [4.78, 5) is 31.4. The fourth-order valence-corrected chi connectivity index (χ4v) is 4.11. The average Bonchev–Trinajstić information content (AvgIpc) is 2.77. The van der Waals surface area contributed by atoms with Gasteiger partial charge in [-0.25, -0.2) is 9.78 Å². The molecule has 4 aromatic rings. The Balaban J connectivity index is 1.99. The van der Waals surface area contributed by atoms with Gasteiger partial charge in [0.1, 0.15) is 11.3 Å². The summed E-state index contributed by atoms with van der Waals surface area (Å²) < 4.78 is 31.2. The Morgan fingerprint density at radius 2 is 1.79 bits per heavy atom. The summed E-state index contributed by atoms with van der Waals surface area (Å²) in [6.07, 6.45) is 1.44. The molecule has 0 fully saturated rings. The monoisotopic (exact) mass is 479 g/mol. The maximum atomic E-state index is 12.6. The number of H-pyrrole nitrogens is 1. The zero-order valence-corrected chi connectivity index (χ0v) is 19.9. The maximum Gasteiger partial charge on any atom is 0.332 e. The summed E-state index contributed by atoms with van der Waals surface area (Å²) in [5, 5.41) is 0.669. The smallest absolute Gasteiger partial charge is 0.332 e. The van der Waals surface area contributed by atoms with Crippen molar-refractivity contribution >= 4 is 27.9 Å². The van der Waals surface area contributed by atoms with Crippen molar-refractivity contribution in [3.8, 4) is 22.7 Å². The normalized spacial score (nSPS) is 12.5. The van der Waals surface area contributed by atoms with Gasteiger partial charge in [-0.1, -0.05) is 32.9 Å². The third-order valence-corrected chi connectivity index (χ3v) is 5.79. The molecule has 0 saturated heterocycles. The van der Waals surface area contributed by atoms with Crippen LogP contribution in [0.15, 0.2) is 64.3 Å². The summed E-state index contributed by atoms with van der Waals surface area (Å²) >= 11 is -2.41. The van der Waals surface area contributed by atoms with Crippen molar-refractivity contribution < 1.29 is 13.5 Å². The van der Waals surface area contributed by atoms with Gasteiger partial charge in [-0.15, -0.1) is 0 Å². The highest BCUT2D eigenvalue weighted by Gasteiger charge is 2.25. The molecule has 1 unspecified atom stereocenters. The lowest BCUT2D eigenvalue weighted by atomic mass is 9.85. The molecular weight excluding hydrogens is 456 g/mol. The minimum absolute atomic E-state index is 0.334. The molecule has 10 heteroatoms. The molecule has 176 valence electrons. The van der Waals surface area contributed by atoms with Crippen LogP contribution in [0.4, 0.5) is 5.69 Å². The Morgan fingerprint density at radius 1 is 1.09 bits per heavy atom. The number of fused-ring (bicyclic) bond motifs is 1. The van der Waals surface area contributed by atoms with E-state index < -0.39 is 22.5 Å². The highest BCUT2D eigenvalue weighted by atomic mass is 32.2. The first-order valence-electron chi connectivity index (χ1n) is 10.4. The van der Waals surface area contributed by atoms with Crippen LogP contribution < -0.4 is 20.7 Å². The fraction of sp³-hybridized carbons (Fsp3) is 0.208. The molecule has 0 radical (unpaired) electrons. The van der Waals surface area contributed by atoms with Crippen molar-refractivity contribution in [2.75, 3.05) is 11.8 Å². The molecule has 0 spiro atoms. The Morgan fingerprint density at radius 3 is 2.38 bits per heavy atom. The predicted octanol–water partition coefficient (Wildman–Crippen LogP) is 3.25. The quantitative estimate of drug-likeness (QED) is 0.423. The molecule has 1 atom stereocenters. The van der Waals surface area contributed by atoms with Crippen LogP contribution in [0.2, 0.25) is 0 Å². The largest absolute Gasteiger partial charge is 0.755 e. The van der Waals surface area contributed by atoms with Crippen molar-refractivity contribution in [1.82, 2.24) is 14.5 Å². The van der Waals surface area contributed by atoms with E-state index in [0.29, 0.717) is 33.7 Å². The van der Waals surface area contributed by atoms with Gasteiger partial charge in [0.25, 0.3) is 5.56 Å². The molecule has 4 rings (SSSR count). The third-order valence-electron chi connectivity index (χ3n) is 5.39. The van der Waals surface area contributed by atoms with E-state index in [9.17, 15) is 18.4 Å². The molecule has 0 aliphatic carbocycles. The second-order valence-corrected chi connectivity index (χ2v) is 9.39. The molecule has 2 aromatic carbocycles. The zero-order valence-electron chi connectivity index (χ0n) is 19.0. The molecule has 0 amide bonds. The Labute approximate surface area is 197 Å². The molecule has 2 heterocycles. The Kier molecular flexibility index (Phi) is 6.11. The molecule has 2 N–H and O–H groups in total. The van der Waals surface area contributed by atoms with Crippen LogP contribution in [0.25, 0.3) is 27.8 Å². The first-order valence-corrected chi connectivity index (χ1v) is 11.5. The van der Waals surface area contributed by atoms with E-state index >= 15 is 0 Å². The first-order chi connectivity index (χ1) is 16.1. The summed E-state index contributed by atoms with van der Waals surface area (Å²) in [5.41, 5.74) is 2.46. The molecule has 34 heavy (non-hydrogen) atoms. The second kappa shape index (κ2) is 8.88. The molecule has 9 nitrogen and oxygen atoms in total. The van der Waals surface area contributed by atoms with Crippen molar-refractivity contribution in [3.05, 3.63) is 81.1 Å². The minimum atomic E-state index is -2.41. The number of ether oxygens (including phenoxy) is 1. The standard InChI is InChI=1S/C24H24N4O5S/c1-24(2,3)17-13-19(28-12-11-20(29)26-23(28)30)16-9-10-18(25-21(16)22(17)33-4)14-5-7-15(8-6-14)27-34(31)32/h5-13,27H,1-4H3,(H,31,32)(H,26,29,30)/p-1. The van der Waals surface area contributed by atoms with Gasteiger partial charge in [0, 0.05) is 45.7 Å². The van der Waals surface area contributed by atoms with Crippen molar-refractivity contribution in [1.29, 1.82) is 0 Å². The zero-order chi connectivity index (χ0) is 24.6. The lowest BCUT2D eigenvalue weighted by Crippen LogP contribution is -2.28. The lowest BCUT2D eigenvalue weighted by molar-refractivity contribution is 0.401. The van der Waals surface area contributed by atoms with Gasteiger partial charge in [-0.2, -0.15) is 0 Å². The van der Waals surface area contributed by atoms with Gasteiger partial charge in [0.15, 0.2) is 0 Å². The van der Waals surface area contributed by atoms with Crippen molar-refractivity contribution in [2.45, 2.75) is 26.2 Å². The maximum absolute atomic E-state index is 12.6. The van der Waals surface area contributed by atoms with Gasteiger partial charge >= 0.3 is 5.69 Å². The van der Waals surface area contributed by atoms with Crippen LogP contribution in [0.5, 0.6) is 5.75 Å². The predicted molar refractivity (Wildman–Crippen MR) is 131 cm³/mol. The fourth-order valence-electron chi connectivity index (χ4n) is 3.78. The number of methoxy groups -OCH3 is 1. The number of benzene rings is 2. The van der Waals surface area contributed by atoms with Crippen LogP contribution in [-0.2, 0) is 16.7 Å². The lowest BCUT2D eigenvalue weighted by Gasteiger charge is -2.25. The number of rotatable bonds is 5. The van der Waals surface area contributed by atoms with Gasteiger partial charge in [0.2, 0.25) is 0 Å². The number of aromatic nitrogens is 3. The van der Waals surface area contributed by atoms with Crippen molar-refractivity contribution in [3.63, 3.8) is 0 Å². The number of hydrogen-bond acceptors (Lipinski definition) is 6. The molecule has 0 aliphatic heterocycles. The molecule has 0 aliphatic rings. The van der Waals surface area contributed by atoms with E-state index in [1.807, 2.05) is 39.0 Å². The molecule has 0 bridgehead atoms. The third kappa shape index (κ3) is 4.50. The number of hydrogen-bond donors (Lipinski definition) is 2. The number of aromatic amines is 1. The van der Waals surface area contributed by atoms with E-state index in [0.717, 1.165) is 11.1 Å². The summed E-state index contributed by atoms with van der Waals surface area (Å²) in [5.74, 6) is 0.589. The molecular formula is C24H23N4O5S-. The number of pyridine rings is 1. The number of nitrogens with zero attached hydrogens (tertiary/aromatic N) is 2. The first kappa shape index (κ1) is 23.4. The van der Waals surface area contributed by atoms with Crippen LogP contribution in [0, 0.1) is 0 Å². The SMILES string of the molecule is COc1c(C(C)(C)C)cc(-n2ccc(=O)[nH]c2=O)c2ccc(-c3ccc(NS(=O)[O-])cc3)nc12. The molecule has 2 aromatic heterocycles. The average molecular weight is 480 g/mol. The highest BCUT2D eigenvalue weighted by Crippen LogP contribution is 2.40. The van der Waals surface area contributed by atoms with Crippen LogP contribution in [0.3, 0.4) is 0 Å². The Hall–Kier alpha value is -3.76. The van der Waals surface area contributed by atoms with Crippen molar-refractivity contribution in [2.24, 2.45) is 0 Å². The summed E-state index contributed by atoms with van der Waals surface area (Å²) in [6, 6.07) is 13.6. The number of anilines is 1. The van der Waals surface area contributed by atoms with Crippen LogP contribution in [-0.4, -0.2) is 30.4 Å². The molecule has 0 saturated carbocycles.